The lowest BCUT2D eigenvalue weighted by molar-refractivity contribution is -0.139. The molecule has 0 spiro atoms. The number of ether oxygens (including phenoxy) is 2. The summed E-state index contributed by atoms with van der Waals surface area (Å²) in [6, 6.07) is 9.70. The van der Waals surface area contributed by atoms with Crippen LogP contribution in [0.5, 0.6) is 11.5 Å². The van der Waals surface area contributed by atoms with Crippen LogP contribution in [-0.2, 0) is 9.59 Å². The molecule has 1 aliphatic heterocycles. The Balaban J connectivity index is 2.32. The zero-order valence-electron chi connectivity index (χ0n) is 16.4. The lowest BCUT2D eigenvalue weighted by Gasteiger charge is -2.25. The molecule has 0 saturated carbocycles. The van der Waals surface area contributed by atoms with Crippen LogP contribution in [0.1, 0.15) is 30.5 Å². The Kier molecular flexibility index (Phi) is 5.87. The second-order valence-corrected chi connectivity index (χ2v) is 6.55. The molecule has 7 heteroatoms. The summed E-state index contributed by atoms with van der Waals surface area (Å²) in [5.41, 5.74) is 0.0697. The SMILES string of the molecule is CCCN1C(=O)C(=O)/C(=C(/O)c2c(OC)cccc2OC)C1c1ccccc1F. The number of aliphatic hydroxyl groups excluding tert-OH is 1. The summed E-state index contributed by atoms with van der Waals surface area (Å²) in [7, 11) is 2.82. The van der Waals surface area contributed by atoms with Crippen molar-refractivity contribution in [2.24, 2.45) is 0 Å². The van der Waals surface area contributed by atoms with Gasteiger partial charge in [0.2, 0.25) is 0 Å². The van der Waals surface area contributed by atoms with Crippen LogP contribution in [-0.4, -0.2) is 42.5 Å². The summed E-state index contributed by atoms with van der Waals surface area (Å²) in [5.74, 6) is -2.18. The van der Waals surface area contributed by atoms with Crippen LogP contribution in [0.4, 0.5) is 4.39 Å². The largest absolute Gasteiger partial charge is 0.506 e. The maximum Gasteiger partial charge on any atom is 0.295 e. The topological polar surface area (TPSA) is 76.1 Å². The molecule has 1 atom stereocenters. The highest BCUT2D eigenvalue weighted by atomic mass is 19.1. The Morgan fingerprint density at radius 1 is 1.07 bits per heavy atom. The molecular formula is C22H22FNO5. The number of hydrogen-bond donors (Lipinski definition) is 1. The van der Waals surface area contributed by atoms with E-state index in [1.165, 1.54) is 37.3 Å². The Morgan fingerprint density at radius 2 is 1.69 bits per heavy atom. The van der Waals surface area contributed by atoms with E-state index in [-0.39, 0.29) is 34.7 Å². The number of amides is 1. The zero-order valence-corrected chi connectivity index (χ0v) is 16.4. The number of rotatable bonds is 6. The lowest BCUT2D eigenvalue weighted by Crippen LogP contribution is -2.30. The third kappa shape index (κ3) is 3.44. The highest BCUT2D eigenvalue weighted by Gasteiger charge is 2.47. The van der Waals surface area contributed by atoms with Gasteiger partial charge < -0.3 is 19.5 Å². The first-order valence-electron chi connectivity index (χ1n) is 9.20. The van der Waals surface area contributed by atoms with Crippen molar-refractivity contribution in [1.82, 2.24) is 4.90 Å². The fraction of sp³-hybridized carbons (Fsp3) is 0.273. The predicted octanol–water partition coefficient (Wildman–Crippen LogP) is 3.67. The van der Waals surface area contributed by atoms with Gasteiger partial charge in [-0.3, -0.25) is 9.59 Å². The standard InChI is InChI=1S/C22H22FNO5/c1-4-12-24-19(13-8-5-6-9-14(13)23)18(21(26)22(24)27)20(25)17-15(28-2)10-7-11-16(17)29-3/h5-11,19,25H,4,12H2,1-3H3/b20-18+. The van der Waals surface area contributed by atoms with E-state index in [2.05, 4.69) is 0 Å². The highest BCUT2D eigenvalue weighted by molar-refractivity contribution is 6.46. The Morgan fingerprint density at radius 3 is 2.24 bits per heavy atom. The first-order chi connectivity index (χ1) is 14.0. The van der Waals surface area contributed by atoms with Crippen LogP contribution in [0.25, 0.3) is 5.76 Å². The first kappa shape index (κ1) is 20.4. The number of methoxy groups -OCH3 is 2. The molecule has 152 valence electrons. The van der Waals surface area contributed by atoms with Crippen molar-refractivity contribution in [3.05, 3.63) is 65.0 Å². The van der Waals surface area contributed by atoms with E-state index >= 15 is 0 Å². The van der Waals surface area contributed by atoms with E-state index in [9.17, 15) is 19.1 Å². The summed E-state index contributed by atoms with van der Waals surface area (Å²) in [6.45, 7) is 2.09. The van der Waals surface area contributed by atoms with E-state index < -0.39 is 29.3 Å². The minimum Gasteiger partial charge on any atom is -0.506 e. The summed E-state index contributed by atoms with van der Waals surface area (Å²) < 4.78 is 25.3. The number of hydrogen-bond acceptors (Lipinski definition) is 5. The highest BCUT2D eigenvalue weighted by Crippen LogP contribution is 2.43. The van der Waals surface area contributed by atoms with Gasteiger partial charge in [0.25, 0.3) is 11.7 Å². The Bertz CT molecular complexity index is 963. The summed E-state index contributed by atoms with van der Waals surface area (Å²) >= 11 is 0. The van der Waals surface area contributed by atoms with Gasteiger partial charge in [0.05, 0.1) is 25.8 Å². The second-order valence-electron chi connectivity index (χ2n) is 6.55. The lowest BCUT2D eigenvalue weighted by atomic mass is 9.94. The maximum atomic E-state index is 14.6. The van der Waals surface area contributed by atoms with Gasteiger partial charge in [-0.05, 0) is 24.6 Å². The smallest absolute Gasteiger partial charge is 0.295 e. The van der Waals surface area contributed by atoms with Crippen molar-refractivity contribution in [2.45, 2.75) is 19.4 Å². The van der Waals surface area contributed by atoms with Gasteiger partial charge in [0.15, 0.2) is 0 Å². The average Bonchev–Trinajstić information content (AvgIpc) is 2.98. The fourth-order valence-electron chi connectivity index (χ4n) is 3.59. The van der Waals surface area contributed by atoms with Crippen LogP contribution < -0.4 is 9.47 Å². The zero-order chi connectivity index (χ0) is 21.1. The van der Waals surface area contributed by atoms with Crippen molar-refractivity contribution >= 4 is 17.4 Å². The molecule has 0 aliphatic carbocycles. The first-order valence-corrected chi connectivity index (χ1v) is 9.20. The third-order valence-corrected chi connectivity index (χ3v) is 4.87. The molecule has 1 heterocycles. The maximum absolute atomic E-state index is 14.6. The van der Waals surface area contributed by atoms with E-state index in [4.69, 9.17) is 9.47 Å². The number of carbonyl (C=O) groups is 2. The molecule has 1 fully saturated rings. The Hall–Kier alpha value is -3.35. The molecular weight excluding hydrogens is 377 g/mol. The van der Waals surface area contributed by atoms with Crippen molar-refractivity contribution in [1.29, 1.82) is 0 Å². The fourth-order valence-corrected chi connectivity index (χ4v) is 3.59. The average molecular weight is 399 g/mol. The number of benzene rings is 2. The number of aliphatic hydroxyl groups is 1. The minimum atomic E-state index is -1.05. The number of halogens is 1. The molecule has 0 radical (unpaired) electrons. The molecule has 2 aromatic carbocycles. The number of Topliss-reactive ketones (excluding diaryl/α,β-unsaturated/α-hetero) is 1. The summed E-state index contributed by atoms with van der Waals surface area (Å²) in [5, 5.41) is 11.1. The third-order valence-electron chi connectivity index (χ3n) is 4.87. The molecule has 1 N–H and O–H groups in total. The monoisotopic (exact) mass is 399 g/mol. The van der Waals surface area contributed by atoms with E-state index in [1.807, 2.05) is 6.92 Å². The molecule has 2 aromatic rings. The van der Waals surface area contributed by atoms with Gasteiger partial charge in [-0.25, -0.2) is 4.39 Å². The summed E-state index contributed by atoms with van der Waals surface area (Å²) in [4.78, 5) is 26.9. The van der Waals surface area contributed by atoms with Gasteiger partial charge in [-0.15, -0.1) is 0 Å². The normalized spacial score (nSPS) is 18.2. The molecule has 1 saturated heterocycles. The molecule has 0 bridgehead atoms. The molecule has 0 aromatic heterocycles. The van der Waals surface area contributed by atoms with Gasteiger partial charge >= 0.3 is 0 Å². The molecule has 1 aliphatic rings. The van der Waals surface area contributed by atoms with E-state index in [0.717, 1.165) is 0 Å². The van der Waals surface area contributed by atoms with Crippen molar-refractivity contribution in [3.8, 4) is 11.5 Å². The quantitative estimate of drug-likeness (QED) is 0.456. The number of ketones is 1. The van der Waals surface area contributed by atoms with Gasteiger partial charge in [0, 0.05) is 12.1 Å². The summed E-state index contributed by atoms with van der Waals surface area (Å²) in [6.07, 6.45) is 0.565. The number of nitrogens with zero attached hydrogens (tertiary/aromatic N) is 1. The molecule has 1 unspecified atom stereocenters. The van der Waals surface area contributed by atoms with Gasteiger partial charge in [-0.2, -0.15) is 0 Å². The van der Waals surface area contributed by atoms with E-state index in [1.54, 1.807) is 24.3 Å². The van der Waals surface area contributed by atoms with Gasteiger partial charge in [-0.1, -0.05) is 31.2 Å². The van der Waals surface area contributed by atoms with Crippen LogP contribution in [0.15, 0.2) is 48.0 Å². The van der Waals surface area contributed by atoms with Crippen molar-refractivity contribution < 1.29 is 28.6 Å². The predicted molar refractivity (Wildman–Crippen MR) is 105 cm³/mol. The number of carbonyl (C=O) groups excluding carboxylic acids is 2. The minimum absolute atomic E-state index is 0.133. The molecule has 3 rings (SSSR count). The van der Waals surface area contributed by atoms with Crippen molar-refractivity contribution in [3.63, 3.8) is 0 Å². The van der Waals surface area contributed by atoms with Crippen LogP contribution in [0, 0.1) is 5.82 Å². The second kappa shape index (κ2) is 8.34. The Labute approximate surface area is 168 Å². The van der Waals surface area contributed by atoms with Crippen LogP contribution in [0.3, 0.4) is 0 Å². The molecule has 29 heavy (non-hydrogen) atoms. The molecule has 6 nitrogen and oxygen atoms in total. The van der Waals surface area contributed by atoms with Crippen molar-refractivity contribution in [2.75, 3.05) is 20.8 Å². The van der Waals surface area contributed by atoms with E-state index in [0.29, 0.717) is 6.42 Å². The van der Waals surface area contributed by atoms with Crippen LogP contribution in [0.2, 0.25) is 0 Å². The van der Waals surface area contributed by atoms with Gasteiger partial charge in [0.1, 0.15) is 28.6 Å². The number of likely N-dealkylation sites (tertiary alicyclic amines) is 1. The molecule has 1 amide bonds. The van der Waals surface area contributed by atoms with Crippen LogP contribution >= 0.6 is 0 Å².